The first-order chi connectivity index (χ1) is 5.83. The molecule has 1 saturated heterocycles. The van der Waals surface area contributed by atoms with Crippen LogP contribution < -0.4 is 0 Å². The van der Waals surface area contributed by atoms with E-state index in [1.807, 2.05) is 0 Å². The van der Waals surface area contributed by atoms with Crippen molar-refractivity contribution in [1.82, 2.24) is 0 Å². The van der Waals surface area contributed by atoms with Crippen molar-refractivity contribution in [2.75, 3.05) is 19.8 Å². The molecule has 0 bridgehead atoms. The molecule has 3 fully saturated rings. The highest BCUT2D eigenvalue weighted by Gasteiger charge is 2.73. The molecule has 3 rings (SSSR count). The fraction of sp³-hybridized carbons (Fsp3) is 1.00. The quantitative estimate of drug-likeness (QED) is 0.623. The summed E-state index contributed by atoms with van der Waals surface area (Å²) in [6.45, 7) is 1.64. The summed E-state index contributed by atoms with van der Waals surface area (Å²) >= 11 is 0. The fourth-order valence-corrected chi connectivity index (χ4v) is 3.04. The van der Waals surface area contributed by atoms with Gasteiger partial charge in [0, 0.05) is 6.42 Å². The van der Waals surface area contributed by atoms with Crippen LogP contribution in [0.15, 0.2) is 0 Å². The molecule has 2 unspecified atom stereocenters. The molecule has 1 spiro atoms. The van der Waals surface area contributed by atoms with Crippen LogP contribution in [0.2, 0.25) is 0 Å². The van der Waals surface area contributed by atoms with Crippen LogP contribution >= 0.6 is 0 Å². The standard InChI is InChI=1S/C9H14O3/c10-6-8-5-7(8)1-2-9(8)11-3-4-12-9/h7,10H,1-6H2. The molecule has 1 heterocycles. The van der Waals surface area contributed by atoms with E-state index in [1.54, 1.807) is 0 Å². The summed E-state index contributed by atoms with van der Waals surface area (Å²) in [6, 6.07) is 0. The highest BCUT2D eigenvalue weighted by Crippen LogP contribution is 2.70. The topological polar surface area (TPSA) is 38.7 Å². The van der Waals surface area contributed by atoms with Crippen LogP contribution in [0.1, 0.15) is 19.3 Å². The first kappa shape index (κ1) is 7.30. The third kappa shape index (κ3) is 0.605. The van der Waals surface area contributed by atoms with Gasteiger partial charge in [-0.3, -0.25) is 0 Å². The Morgan fingerprint density at radius 1 is 1.33 bits per heavy atom. The summed E-state index contributed by atoms with van der Waals surface area (Å²) in [5.41, 5.74) is -0.0104. The van der Waals surface area contributed by atoms with E-state index in [9.17, 15) is 5.11 Å². The monoisotopic (exact) mass is 170 g/mol. The van der Waals surface area contributed by atoms with Crippen molar-refractivity contribution in [3.63, 3.8) is 0 Å². The summed E-state index contributed by atoms with van der Waals surface area (Å²) in [4.78, 5) is 0. The Balaban J connectivity index is 1.94. The molecule has 3 heteroatoms. The van der Waals surface area contributed by atoms with Crippen LogP contribution in [0, 0.1) is 11.3 Å². The van der Waals surface area contributed by atoms with E-state index in [0.717, 1.165) is 12.8 Å². The Bertz CT molecular complexity index is 200. The van der Waals surface area contributed by atoms with E-state index in [1.165, 1.54) is 6.42 Å². The summed E-state index contributed by atoms with van der Waals surface area (Å²) in [5.74, 6) is 0.285. The molecule has 3 nitrogen and oxygen atoms in total. The highest BCUT2D eigenvalue weighted by atomic mass is 16.7. The lowest BCUT2D eigenvalue weighted by atomic mass is 9.97. The molecule has 2 aliphatic carbocycles. The molecule has 3 aliphatic rings. The Kier molecular flexibility index (Phi) is 1.23. The molecule has 0 aromatic rings. The Labute approximate surface area is 71.7 Å². The lowest BCUT2D eigenvalue weighted by Gasteiger charge is -2.31. The van der Waals surface area contributed by atoms with E-state index in [0.29, 0.717) is 19.1 Å². The number of fused-ring (bicyclic) bond motifs is 2. The fourth-order valence-electron chi connectivity index (χ4n) is 3.04. The van der Waals surface area contributed by atoms with Crippen LogP contribution in [0.25, 0.3) is 0 Å². The van der Waals surface area contributed by atoms with Crippen molar-refractivity contribution >= 4 is 0 Å². The van der Waals surface area contributed by atoms with E-state index in [4.69, 9.17) is 9.47 Å². The predicted molar refractivity (Wildman–Crippen MR) is 41.5 cm³/mol. The molecule has 68 valence electrons. The van der Waals surface area contributed by atoms with E-state index in [2.05, 4.69) is 0 Å². The van der Waals surface area contributed by atoms with Gasteiger partial charge in [-0.15, -0.1) is 0 Å². The average Bonchev–Trinajstić information content (AvgIpc) is 2.51. The number of ether oxygens (including phenoxy) is 2. The molecule has 1 aliphatic heterocycles. The first-order valence-corrected chi connectivity index (χ1v) is 4.72. The molecule has 0 aromatic heterocycles. The molecule has 0 amide bonds. The average molecular weight is 170 g/mol. The Hall–Kier alpha value is -0.120. The van der Waals surface area contributed by atoms with Crippen molar-refractivity contribution in [3.8, 4) is 0 Å². The van der Waals surface area contributed by atoms with Gasteiger partial charge in [-0.05, 0) is 18.8 Å². The van der Waals surface area contributed by atoms with Crippen LogP contribution in [0.5, 0.6) is 0 Å². The van der Waals surface area contributed by atoms with Crippen molar-refractivity contribution in [2.45, 2.75) is 25.0 Å². The summed E-state index contributed by atoms with van der Waals surface area (Å²) in [6.07, 6.45) is 3.25. The normalized spacial score (nSPS) is 48.2. The third-order valence-corrected chi connectivity index (χ3v) is 3.85. The van der Waals surface area contributed by atoms with Gasteiger partial charge in [-0.2, -0.15) is 0 Å². The van der Waals surface area contributed by atoms with Crippen LogP contribution in [0.4, 0.5) is 0 Å². The minimum Gasteiger partial charge on any atom is -0.396 e. The number of rotatable bonds is 1. The zero-order valence-corrected chi connectivity index (χ0v) is 7.08. The van der Waals surface area contributed by atoms with Crippen molar-refractivity contribution in [1.29, 1.82) is 0 Å². The number of hydrogen-bond donors (Lipinski definition) is 1. The number of aliphatic hydroxyl groups is 1. The maximum atomic E-state index is 9.33. The van der Waals surface area contributed by atoms with Crippen molar-refractivity contribution in [2.24, 2.45) is 11.3 Å². The first-order valence-electron chi connectivity index (χ1n) is 4.72. The van der Waals surface area contributed by atoms with Gasteiger partial charge in [0.25, 0.3) is 0 Å². The third-order valence-electron chi connectivity index (χ3n) is 3.85. The minimum atomic E-state index is -0.383. The lowest BCUT2D eigenvalue weighted by Crippen LogP contribution is -2.40. The van der Waals surface area contributed by atoms with Gasteiger partial charge in [-0.25, -0.2) is 0 Å². The Morgan fingerprint density at radius 3 is 2.67 bits per heavy atom. The molecular weight excluding hydrogens is 156 g/mol. The maximum absolute atomic E-state index is 9.33. The van der Waals surface area contributed by atoms with E-state index in [-0.39, 0.29) is 17.8 Å². The second-order valence-electron chi connectivity index (χ2n) is 4.20. The van der Waals surface area contributed by atoms with Gasteiger partial charge in [0.05, 0.1) is 25.2 Å². The molecule has 0 aromatic carbocycles. The Morgan fingerprint density at radius 2 is 2.08 bits per heavy atom. The van der Waals surface area contributed by atoms with E-state index >= 15 is 0 Å². The van der Waals surface area contributed by atoms with E-state index < -0.39 is 0 Å². The van der Waals surface area contributed by atoms with Crippen LogP contribution in [-0.2, 0) is 9.47 Å². The van der Waals surface area contributed by atoms with Gasteiger partial charge >= 0.3 is 0 Å². The second kappa shape index (κ2) is 2.03. The van der Waals surface area contributed by atoms with Crippen LogP contribution in [0.3, 0.4) is 0 Å². The smallest absolute Gasteiger partial charge is 0.176 e. The molecular formula is C9H14O3. The molecule has 2 saturated carbocycles. The van der Waals surface area contributed by atoms with Gasteiger partial charge in [0.2, 0.25) is 0 Å². The zero-order chi connectivity index (χ0) is 8.23. The molecule has 2 atom stereocenters. The van der Waals surface area contributed by atoms with Crippen molar-refractivity contribution < 1.29 is 14.6 Å². The SMILES string of the molecule is OCC12CC1CCC21OCCO1. The van der Waals surface area contributed by atoms with Gasteiger partial charge < -0.3 is 14.6 Å². The molecule has 12 heavy (non-hydrogen) atoms. The predicted octanol–water partition coefficient (Wildman–Crippen LogP) is 0.522. The zero-order valence-electron chi connectivity index (χ0n) is 7.08. The molecule has 0 radical (unpaired) electrons. The summed E-state index contributed by atoms with van der Waals surface area (Å²) in [5, 5.41) is 9.33. The van der Waals surface area contributed by atoms with Gasteiger partial charge in [0.1, 0.15) is 0 Å². The lowest BCUT2D eigenvalue weighted by molar-refractivity contribution is -0.207. The largest absolute Gasteiger partial charge is 0.396 e. The van der Waals surface area contributed by atoms with Gasteiger partial charge in [0.15, 0.2) is 5.79 Å². The van der Waals surface area contributed by atoms with Crippen molar-refractivity contribution in [3.05, 3.63) is 0 Å². The second-order valence-corrected chi connectivity index (χ2v) is 4.20. The molecule has 1 N–H and O–H groups in total. The number of hydrogen-bond acceptors (Lipinski definition) is 3. The maximum Gasteiger partial charge on any atom is 0.176 e. The minimum absolute atomic E-state index is 0.0104. The highest BCUT2D eigenvalue weighted by molar-refractivity contribution is 5.17. The summed E-state index contributed by atoms with van der Waals surface area (Å²) in [7, 11) is 0. The number of aliphatic hydroxyl groups excluding tert-OH is 1. The summed E-state index contributed by atoms with van der Waals surface area (Å²) < 4.78 is 11.3. The van der Waals surface area contributed by atoms with Gasteiger partial charge in [-0.1, -0.05) is 0 Å². The van der Waals surface area contributed by atoms with Crippen LogP contribution in [-0.4, -0.2) is 30.7 Å².